The van der Waals surface area contributed by atoms with Crippen molar-refractivity contribution in [1.82, 2.24) is 14.6 Å². The minimum absolute atomic E-state index is 0.127. The molecule has 2 aromatic rings. The second-order valence-corrected chi connectivity index (χ2v) is 10.5. The van der Waals surface area contributed by atoms with Gasteiger partial charge in [0.2, 0.25) is 10.0 Å². The van der Waals surface area contributed by atoms with Gasteiger partial charge in [0.25, 0.3) is 5.91 Å². The van der Waals surface area contributed by atoms with E-state index in [4.69, 9.17) is 14.6 Å². The first-order chi connectivity index (χ1) is 16.8. The van der Waals surface area contributed by atoms with E-state index in [0.29, 0.717) is 36.7 Å². The molecule has 3 heterocycles. The molecule has 1 spiro atoms. The topological polar surface area (TPSA) is 126 Å². The molecule has 2 N–H and O–H groups in total. The van der Waals surface area contributed by atoms with Gasteiger partial charge in [-0.05, 0) is 49.9 Å². The lowest BCUT2D eigenvalue weighted by Gasteiger charge is -2.49. The Hall–Kier alpha value is -3.03. The SMILES string of the molecule is Cc1ccc(S(=O)(=O)N2CC3(C2)OCCC3CCNC(=O)c2ccncc2)cc1.O=C(O)C(F)(F)F. The summed E-state index contributed by atoms with van der Waals surface area (Å²) in [4.78, 5) is 25.3. The van der Waals surface area contributed by atoms with Gasteiger partial charge in [0.1, 0.15) is 0 Å². The number of sulfonamides is 1. The van der Waals surface area contributed by atoms with Crippen LogP contribution in [-0.2, 0) is 19.6 Å². The lowest BCUT2D eigenvalue weighted by atomic mass is 9.80. The maximum atomic E-state index is 12.8. The second-order valence-electron chi connectivity index (χ2n) is 8.57. The van der Waals surface area contributed by atoms with Crippen molar-refractivity contribution in [2.75, 3.05) is 26.2 Å². The molecule has 13 heteroatoms. The summed E-state index contributed by atoms with van der Waals surface area (Å²) in [5.74, 6) is -2.66. The van der Waals surface area contributed by atoms with Crippen molar-refractivity contribution in [3.8, 4) is 0 Å². The number of nitrogens with zero attached hydrogens (tertiary/aromatic N) is 2. The zero-order chi connectivity index (χ0) is 26.6. The minimum atomic E-state index is -5.08. The van der Waals surface area contributed by atoms with E-state index < -0.39 is 27.8 Å². The molecule has 9 nitrogen and oxygen atoms in total. The molecule has 1 amide bonds. The van der Waals surface area contributed by atoms with Crippen molar-refractivity contribution in [1.29, 1.82) is 0 Å². The molecule has 2 aliphatic rings. The molecular weight excluding hydrogens is 503 g/mol. The van der Waals surface area contributed by atoms with Crippen LogP contribution >= 0.6 is 0 Å². The summed E-state index contributed by atoms with van der Waals surface area (Å²) in [6, 6.07) is 10.3. The number of aromatic nitrogens is 1. The average Bonchev–Trinajstić information content (AvgIpc) is 3.23. The summed E-state index contributed by atoms with van der Waals surface area (Å²) in [7, 11) is -3.50. The average molecular weight is 530 g/mol. The molecule has 0 aliphatic carbocycles. The first-order valence-corrected chi connectivity index (χ1v) is 12.5. The van der Waals surface area contributed by atoms with Crippen LogP contribution in [0.5, 0.6) is 0 Å². The van der Waals surface area contributed by atoms with Gasteiger partial charge in [-0.15, -0.1) is 0 Å². The normalized spacial score (nSPS) is 19.2. The van der Waals surface area contributed by atoms with Crippen LogP contribution in [0.1, 0.15) is 28.8 Å². The predicted octanol–water partition coefficient (Wildman–Crippen LogP) is 2.62. The number of alkyl halides is 3. The van der Waals surface area contributed by atoms with E-state index in [9.17, 15) is 26.4 Å². The number of aryl methyl sites for hydroxylation is 1. The summed E-state index contributed by atoms with van der Waals surface area (Å²) in [6.07, 6.45) is -0.267. The molecule has 1 unspecified atom stereocenters. The highest BCUT2D eigenvalue weighted by molar-refractivity contribution is 7.89. The largest absolute Gasteiger partial charge is 0.490 e. The standard InChI is InChI=1S/C21H25N3O4S.C2HF3O2/c1-16-2-4-19(5-3-16)29(26,27)24-14-21(15-24)18(9-13-28-21)8-12-23-20(25)17-6-10-22-11-7-17;3-2(4,5)1(6)7/h2-7,10-11,18H,8-9,12-15H2,1H3,(H,23,25);(H,6,7). The molecule has 2 aliphatic heterocycles. The zero-order valence-corrected chi connectivity index (χ0v) is 20.2. The van der Waals surface area contributed by atoms with Crippen molar-refractivity contribution < 1.29 is 41.0 Å². The van der Waals surface area contributed by atoms with Gasteiger partial charge in [-0.3, -0.25) is 9.78 Å². The monoisotopic (exact) mass is 529 g/mol. The van der Waals surface area contributed by atoms with E-state index in [1.54, 1.807) is 36.7 Å². The fourth-order valence-corrected chi connectivity index (χ4v) is 5.64. The van der Waals surface area contributed by atoms with Crippen LogP contribution in [0.3, 0.4) is 0 Å². The Kier molecular flexibility index (Phi) is 8.37. The molecule has 1 atom stereocenters. The number of carboxylic acid groups (broad SMARTS) is 1. The quantitative estimate of drug-likeness (QED) is 0.589. The number of halogens is 3. The van der Waals surface area contributed by atoms with Gasteiger partial charge in [-0.1, -0.05) is 17.7 Å². The summed E-state index contributed by atoms with van der Waals surface area (Å²) < 4.78 is 64.9. The summed E-state index contributed by atoms with van der Waals surface area (Å²) in [5, 5.41) is 10.1. The van der Waals surface area contributed by atoms with Gasteiger partial charge in [-0.2, -0.15) is 17.5 Å². The van der Waals surface area contributed by atoms with E-state index >= 15 is 0 Å². The lowest BCUT2D eigenvalue weighted by Crippen LogP contribution is -2.66. The number of carbonyl (C=O) groups excluding carboxylic acids is 1. The molecule has 0 saturated carbocycles. The third-order valence-electron chi connectivity index (χ3n) is 6.11. The van der Waals surface area contributed by atoms with Crippen LogP contribution in [0.25, 0.3) is 0 Å². The van der Waals surface area contributed by atoms with Crippen LogP contribution in [0, 0.1) is 12.8 Å². The number of carbonyl (C=O) groups is 2. The minimum Gasteiger partial charge on any atom is -0.475 e. The Balaban J connectivity index is 0.000000454. The van der Waals surface area contributed by atoms with Crippen molar-refractivity contribution in [3.63, 3.8) is 0 Å². The van der Waals surface area contributed by atoms with Gasteiger partial charge in [0.15, 0.2) is 0 Å². The van der Waals surface area contributed by atoms with E-state index in [2.05, 4.69) is 10.3 Å². The van der Waals surface area contributed by atoms with E-state index in [-0.39, 0.29) is 11.8 Å². The Morgan fingerprint density at radius 2 is 1.75 bits per heavy atom. The fraction of sp³-hybridized carbons (Fsp3) is 0.435. The molecule has 1 aromatic carbocycles. The van der Waals surface area contributed by atoms with Crippen molar-refractivity contribution >= 4 is 21.9 Å². The van der Waals surface area contributed by atoms with Crippen LogP contribution < -0.4 is 5.32 Å². The van der Waals surface area contributed by atoms with Gasteiger partial charge < -0.3 is 15.2 Å². The van der Waals surface area contributed by atoms with Crippen LogP contribution in [0.4, 0.5) is 13.2 Å². The number of amides is 1. The number of pyridine rings is 1. The molecular formula is C23H26F3N3O6S. The molecule has 2 saturated heterocycles. The van der Waals surface area contributed by atoms with Gasteiger partial charge in [-0.25, -0.2) is 13.2 Å². The van der Waals surface area contributed by atoms with Crippen LogP contribution in [0.15, 0.2) is 53.7 Å². The highest BCUT2D eigenvalue weighted by Gasteiger charge is 2.56. The Morgan fingerprint density at radius 3 is 2.31 bits per heavy atom. The van der Waals surface area contributed by atoms with Crippen molar-refractivity contribution in [2.24, 2.45) is 5.92 Å². The fourth-order valence-electron chi connectivity index (χ4n) is 4.09. The maximum absolute atomic E-state index is 12.8. The molecule has 36 heavy (non-hydrogen) atoms. The number of carboxylic acids is 1. The van der Waals surface area contributed by atoms with E-state index in [0.717, 1.165) is 18.4 Å². The third-order valence-corrected chi connectivity index (χ3v) is 7.92. The Bertz CT molecular complexity index is 1170. The molecule has 0 bridgehead atoms. The van der Waals surface area contributed by atoms with Gasteiger partial charge in [0, 0.05) is 44.2 Å². The van der Waals surface area contributed by atoms with Crippen molar-refractivity contribution in [3.05, 3.63) is 59.9 Å². The Morgan fingerprint density at radius 1 is 1.17 bits per heavy atom. The number of rotatable bonds is 6. The van der Waals surface area contributed by atoms with Gasteiger partial charge >= 0.3 is 12.1 Å². The first-order valence-electron chi connectivity index (χ1n) is 11.0. The molecule has 196 valence electrons. The van der Waals surface area contributed by atoms with Crippen LogP contribution in [-0.4, -0.2) is 72.7 Å². The molecule has 0 radical (unpaired) electrons. The number of benzene rings is 1. The molecule has 2 fully saturated rings. The summed E-state index contributed by atoms with van der Waals surface area (Å²) in [6.45, 7) is 3.82. The third kappa shape index (κ3) is 6.39. The summed E-state index contributed by atoms with van der Waals surface area (Å²) in [5.41, 5.74) is 1.17. The highest BCUT2D eigenvalue weighted by Crippen LogP contribution is 2.43. The van der Waals surface area contributed by atoms with E-state index in [1.165, 1.54) is 4.31 Å². The highest BCUT2D eigenvalue weighted by atomic mass is 32.2. The smallest absolute Gasteiger partial charge is 0.475 e. The zero-order valence-electron chi connectivity index (χ0n) is 19.4. The van der Waals surface area contributed by atoms with E-state index in [1.807, 2.05) is 19.1 Å². The van der Waals surface area contributed by atoms with Crippen molar-refractivity contribution in [2.45, 2.75) is 36.4 Å². The molecule has 1 aromatic heterocycles. The number of nitrogens with one attached hydrogen (secondary N) is 1. The first kappa shape index (κ1) is 27.6. The maximum Gasteiger partial charge on any atom is 0.490 e. The lowest BCUT2D eigenvalue weighted by molar-refractivity contribution is -0.192. The number of hydrogen-bond acceptors (Lipinski definition) is 6. The number of aliphatic carboxylic acids is 1. The van der Waals surface area contributed by atoms with Gasteiger partial charge in [0.05, 0.1) is 10.5 Å². The second kappa shape index (κ2) is 10.9. The summed E-state index contributed by atoms with van der Waals surface area (Å²) >= 11 is 0. The molecule has 4 rings (SSSR count). The number of hydrogen-bond donors (Lipinski definition) is 2. The predicted molar refractivity (Wildman–Crippen MR) is 122 cm³/mol. The van der Waals surface area contributed by atoms with Crippen LogP contribution in [0.2, 0.25) is 0 Å². The Labute approximate surface area is 206 Å². The number of ether oxygens (including phenoxy) is 1.